The van der Waals surface area contributed by atoms with Gasteiger partial charge in [-0.05, 0) is 39.7 Å². The molecule has 192 valence electrons. The fourth-order valence-electron chi connectivity index (χ4n) is 5.74. The Morgan fingerprint density at radius 3 is 2.31 bits per heavy atom. The summed E-state index contributed by atoms with van der Waals surface area (Å²) in [6.07, 6.45) is 2.68. The second-order valence-corrected chi connectivity index (χ2v) is 9.95. The van der Waals surface area contributed by atoms with Gasteiger partial charge in [-0.25, -0.2) is 4.79 Å². The standard InChI is InChI=1S/C27H36O8/c1-8-22(30)35-21-11-9-14(2)13-19-23(16(4)26(31)34-19)25(33-18(6)29)24-15(3)10-12-20(27(21,24)7)32-17(5)28/h10,13,19-21,24-25H,8-9,11-12H2,1-7H3/b14-13-/t19-,20?,21-,24+,25?,27+/m0/s1. The van der Waals surface area contributed by atoms with E-state index in [0.717, 1.165) is 11.1 Å². The third-order valence-corrected chi connectivity index (χ3v) is 7.49. The summed E-state index contributed by atoms with van der Waals surface area (Å²) in [5.41, 5.74) is 1.86. The lowest BCUT2D eigenvalue weighted by Crippen LogP contribution is -2.58. The second-order valence-electron chi connectivity index (χ2n) is 9.95. The molecule has 0 amide bonds. The molecule has 0 bridgehead atoms. The molecule has 0 aromatic carbocycles. The predicted octanol–water partition coefficient (Wildman–Crippen LogP) is 4.13. The van der Waals surface area contributed by atoms with E-state index in [1.807, 2.05) is 32.9 Å². The zero-order chi connectivity index (χ0) is 26.1. The molecule has 3 rings (SSSR count). The maximum Gasteiger partial charge on any atom is 0.334 e. The van der Waals surface area contributed by atoms with E-state index >= 15 is 0 Å². The minimum Gasteiger partial charge on any atom is -0.462 e. The van der Waals surface area contributed by atoms with Gasteiger partial charge in [-0.1, -0.05) is 31.1 Å². The molecule has 6 atom stereocenters. The molecule has 35 heavy (non-hydrogen) atoms. The van der Waals surface area contributed by atoms with Crippen LogP contribution in [0.2, 0.25) is 0 Å². The maximum absolute atomic E-state index is 12.7. The Bertz CT molecular complexity index is 1000. The lowest BCUT2D eigenvalue weighted by Gasteiger charge is -2.52. The highest BCUT2D eigenvalue weighted by Gasteiger charge is 2.58. The number of esters is 4. The van der Waals surface area contributed by atoms with Crippen LogP contribution in [0.5, 0.6) is 0 Å². The number of fused-ring (bicyclic) bond motifs is 2. The number of ether oxygens (including phenoxy) is 4. The zero-order valence-electron chi connectivity index (χ0n) is 21.6. The number of hydrogen-bond donors (Lipinski definition) is 0. The highest BCUT2D eigenvalue weighted by atomic mass is 16.6. The third kappa shape index (κ3) is 5.21. The summed E-state index contributed by atoms with van der Waals surface area (Å²) in [4.78, 5) is 49.7. The summed E-state index contributed by atoms with van der Waals surface area (Å²) in [6.45, 7) is 11.8. The highest BCUT2D eigenvalue weighted by molar-refractivity contribution is 5.92. The Labute approximate surface area is 206 Å². The predicted molar refractivity (Wildman–Crippen MR) is 127 cm³/mol. The van der Waals surface area contributed by atoms with Crippen LogP contribution in [0, 0.1) is 11.3 Å². The van der Waals surface area contributed by atoms with E-state index < -0.39 is 53.7 Å². The van der Waals surface area contributed by atoms with Gasteiger partial charge in [0.05, 0.1) is 5.41 Å². The Morgan fingerprint density at radius 2 is 1.71 bits per heavy atom. The minimum atomic E-state index is -0.948. The van der Waals surface area contributed by atoms with Crippen molar-refractivity contribution in [3.8, 4) is 0 Å². The van der Waals surface area contributed by atoms with Crippen molar-refractivity contribution in [3.05, 3.63) is 34.4 Å². The van der Waals surface area contributed by atoms with Gasteiger partial charge in [0, 0.05) is 43.8 Å². The number of carbonyl (C=O) groups excluding carboxylic acids is 4. The van der Waals surface area contributed by atoms with Crippen LogP contribution in [0.1, 0.15) is 74.1 Å². The van der Waals surface area contributed by atoms with Crippen LogP contribution in [0.25, 0.3) is 0 Å². The Balaban J connectivity index is 2.32. The first-order valence-corrected chi connectivity index (χ1v) is 12.2. The molecule has 0 saturated heterocycles. The van der Waals surface area contributed by atoms with E-state index in [1.54, 1.807) is 13.8 Å². The van der Waals surface area contributed by atoms with Gasteiger partial charge in [0.2, 0.25) is 0 Å². The first kappa shape index (κ1) is 26.7. The molecular weight excluding hydrogens is 452 g/mol. The molecule has 0 spiro atoms. The summed E-state index contributed by atoms with van der Waals surface area (Å²) >= 11 is 0. The van der Waals surface area contributed by atoms with Crippen molar-refractivity contribution in [2.24, 2.45) is 11.3 Å². The van der Waals surface area contributed by atoms with Crippen molar-refractivity contribution in [1.82, 2.24) is 0 Å². The number of hydrogen-bond acceptors (Lipinski definition) is 8. The lowest BCUT2D eigenvalue weighted by molar-refractivity contribution is -0.189. The van der Waals surface area contributed by atoms with Crippen molar-refractivity contribution in [2.75, 3.05) is 0 Å². The van der Waals surface area contributed by atoms with Crippen LogP contribution >= 0.6 is 0 Å². The first-order valence-electron chi connectivity index (χ1n) is 12.2. The monoisotopic (exact) mass is 488 g/mol. The van der Waals surface area contributed by atoms with Gasteiger partial charge in [-0.15, -0.1) is 0 Å². The van der Waals surface area contributed by atoms with Crippen LogP contribution < -0.4 is 0 Å². The SMILES string of the molecule is CCC(=O)O[C@H]1CC/C(C)=C\[C@@H]2OC(=O)C(C)=C2C(OC(C)=O)[C@H]2C(C)=CCC(OC(C)=O)[C@]12C. The molecule has 8 heteroatoms. The second kappa shape index (κ2) is 10.4. The molecule has 0 aromatic heterocycles. The average molecular weight is 489 g/mol. The van der Waals surface area contributed by atoms with Crippen molar-refractivity contribution < 1.29 is 38.1 Å². The number of rotatable bonds is 4. The topological polar surface area (TPSA) is 105 Å². The van der Waals surface area contributed by atoms with Crippen LogP contribution in [-0.4, -0.2) is 48.3 Å². The summed E-state index contributed by atoms with van der Waals surface area (Å²) < 4.78 is 23.5. The van der Waals surface area contributed by atoms with Crippen molar-refractivity contribution in [2.45, 2.75) is 98.6 Å². The molecule has 3 aliphatic rings. The molecule has 2 aliphatic carbocycles. The van der Waals surface area contributed by atoms with Crippen LogP contribution in [-0.2, 0) is 38.1 Å². The fourth-order valence-corrected chi connectivity index (χ4v) is 5.74. The van der Waals surface area contributed by atoms with Gasteiger partial charge in [0.25, 0.3) is 0 Å². The van der Waals surface area contributed by atoms with E-state index in [4.69, 9.17) is 18.9 Å². The van der Waals surface area contributed by atoms with Gasteiger partial charge in [0.15, 0.2) is 0 Å². The number of allylic oxidation sites excluding steroid dienone is 1. The molecule has 0 radical (unpaired) electrons. The third-order valence-electron chi connectivity index (χ3n) is 7.49. The van der Waals surface area contributed by atoms with Crippen molar-refractivity contribution in [3.63, 3.8) is 0 Å². The average Bonchev–Trinajstić information content (AvgIpc) is 3.03. The molecular formula is C27H36O8. The summed E-state index contributed by atoms with van der Waals surface area (Å²) in [5, 5.41) is 0. The van der Waals surface area contributed by atoms with E-state index in [2.05, 4.69) is 0 Å². The van der Waals surface area contributed by atoms with E-state index in [9.17, 15) is 19.2 Å². The molecule has 0 aromatic rings. The van der Waals surface area contributed by atoms with E-state index in [0.29, 0.717) is 30.4 Å². The quantitative estimate of drug-likeness (QED) is 0.331. The highest BCUT2D eigenvalue weighted by Crippen LogP contribution is 2.53. The van der Waals surface area contributed by atoms with Crippen LogP contribution in [0.4, 0.5) is 0 Å². The minimum absolute atomic E-state index is 0.196. The van der Waals surface area contributed by atoms with Gasteiger partial charge >= 0.3 is 23.9 Å². The Morgan fingerprint density at radius 1 is 1.06 bits per heavy atom. The molecule has 8 nitrogen and oxygen atoms in total. The van der Waals surface area contributed by atoms with Gasteiger partial charge in [-0.2, -0.15) is 0 Å². The maximum atomic E-state index is 12.7. The molecule has 0 saturated carbocycles. The normalized spacial score (nSPS) is 34.4. The Hall–Kier alpha value is -2.90. The number of carbonyl (C=O) groups is 4. The molecule has 0 fully saturated rings. The van der Waals surface area contributed by atoms with Crippen molar-refractivity contribution in [1.29, 1.82) is 0 Å². The lowest BCUT2D eigenvalue weighted by atomic mass is 9.58. The zero-order valence-corrected chi connectivity index (χ0v) is 21.6. The van der Waals surface area contributed by atoms with E-state index in [1.165, 1.54) is 13.8 Å². The smallest absolute Gasteiger partial charge is 0.334 e. The summed E-state index contributed by atoms with van der Waals surface area (Å²) in [5.74, 6) is -2.33. The Kier molecular flexibility index (Phi) is 7.92. The van der Waals surface area contributed by atoms with Gasteiger partial charge < -0.3 is 18.9 Å². The largest absolute Gasteiger partial charge is 0.462 e. The van der Waals surface area contributed by atoms with Crippen LogP contribution in [0.3, 0.4) is 0 Å². The molecule has 2 unspecified atom stereocenters. The van der Waals surface area contributed by atoms with E-state index in [-0.39, 0.29) is 12.4 Å². The van der Waals surface area contributed by atoms with Crippen molar-refractivity contribution >= 4 is 23.9 Å². The molecule has 0 N–H and O–H groups in total. The fraction of sp³-hybridized carbons (Fsp3) is 0.630. The summed E-state index contributed by atoms with van der Waals surface area (Å²) in [7, 11) is 0. The molecule has 1 heterocycles. The summed E-state index contributed by atoms with van der Waals surface area (Å²) in [6, 6.07) is 0. The van der Waals surface area contributed by atoms with Crippen LogP contribution in [0.15, 0.2) is 34.4 Å². The first-order chi connectivity index (χ1) is 16.4. The van der Waals surface area contributed by atoms with Gasteiger partial charge in [-0.3, -0.25) is 14.4 Å². The van der Waals surface area contributed by atoms with Gasteiger partial charge in [0.1, 0.15) is 24.4 Å². The molecule has 1 aliphatic heterocycles.